The predicted molar refractivity (Wildman–Crippen MR) is 120 cm³/mol. The van der Waals surface area contributed by atoms with Crippen LogP contribution in [0.1, 0.15) is 38.8 Å². The average Bonchev–Trinajstić information content (AvgIpc) is 2.69. The molecular weight excluding hydrogens is 392 g/mol. The second kappa shape index (κ2) is 16.6. The molecule has 1 aromatic rings. The summed E-state index contributed by atoms with van der Waals surface area (Å²) in [6, 6.07) is 3.46. The summed E-state index contributed by atoms with van der Waals surface area (Å²) in [6.45, 7) is 13.1. The van der Waals surface area contributed by atoms with E-state index >= 15 is 0 Å². The maximum absolute atomic E-state index is 13.2. The van der Waals surface area contributed by atoms with Crippen molar-refractivity contribution in [2.24, 2.45) is 0 Å². The van der Waals surface area contributed by atoms with Crippen LogP contribution >= 0.6 is 0 Å². The molecule has 1 rings (SSSR count). The Kier molecular flexibility index (Phi) is 17.2. The Morgan fingerprint density at radius 2 is 1.45 bits per heavy atom. The zero-order valence-corrected chi connectivity index (χ0v) is 20.6. The van der Waals surface area contributed by atoms with Crippen LogP contribution in [0.3, 0.4) is 0 Å². The highest BCUT2D eigenvalue weighted by molar-refractivity contribution is 7.89. The topological polar surface area (TPSA) is 79.3 Å². The number of ether oxygens (including phenoxy) is 2. The van der Waals surface area contributed by atoms with Crippen LogP contribution in [-0.2, 0) is 14.8 Å². The van der Waals surface area contributed by atoms with Crippen molar-refractivity contribution in [3.05, 3.63) is 23.3 Å². The van der Waals surface area contributed by atoms with Gasteiger partial charge in [-0.25, -0.2) is 8.42 Å². The van der Waals surface area contributed by atoms with E-state index in [-0.39, 0.29) is 26.4 Å². The fourth-order valence-electron chi connectivity index (χ4n) is 2.56. The lowest BCUT2D eigenvalue weighted by molar-refractivity contribution is 0.0848. The number of rotatable bonds is 11. The second-order valence-electron chi connectivity index (χ2n) is 6.13. The first-order chi connectivity index (χ1) is 13.7. The summed E-state index contributed by atoms with van der Waals surface area (Å²) in [4.78, 5) is 2.25. The summed E-state index contributed by atoms with van der Waals surface area (Å²) in [7, 11) is 1.70. The summed E-state index contributed by atoms with van der Waals surface area (Å²) in [5.74, 6) is 0.639. The van der Waals surface area contributed by atoms with Crippen molar-refractivity contribution in [3.63, 3.8) is 0 Å². The van der Waals surface area contributed by atoms with Gasteiger partial charge in [0.1, 0.15) is 5.75 Å². The molecule has 7 nitrogen and oxygen atoms in total. The highest BCUT2D eigenvalue weighted by Crippen LogP contribution is 2.28. The Morgan fingerprint density at radius 1 is 0.931 bits per heavy atom. The van der Waals surface area contributed by atoms with E-state index in [0.717, 1.165) is 0 Å². The second-order valence-corrected chi connectivity index (χ2v) is 8.01. The van der Waals surface area contributed by atoms with Crippen molar-refractivity contribution in [1.82, 2.24) is 9.21 Å². The molecule has 0 aliphatic heterocycles. The number of methoxy groups -OCH3 is 1. The summed E-state index contributed by atoms with van der Waals surface area (Å²) >= 11 is 0. The van der Waals surface area contributed by atoms with Gasteiger partial charge in [0.25, 0.3) is 0 Å². The van der Waals surface area contributed by atoms with Crippen molar-refractivity contribution in [2.75, 3.05) is 60.7 Å². The molecule has 0 spiro atoms. The maximum atomic E-state index is 13.2. The molecule has 0 aliphatic carbocycles. The van der Waals surface area contributed by atoms with Crippen LogP contribution in [0.15, 0.2) is 17.0 Å². The molecule has 0 bridgehead atoms. The third kappa shape index (κ3) is 10.4. The number of aliphatic hydroxyl groups excluding tert-OH is 1. The lowest BCUT2D eigenvalue weighted by atomic mass is 10.1. The quantitative estimate of drug-likeness (QED) is 0.540. The molecule has 0 saturated carbocycles. The molecule has 0 radical (unpaired) electrons. The Morgan fingerprint density at radius 3 is 1.86 bits per heavy atom. The Balaban J connectivity index is 0. The smallest absolute Gasteiger partial charge is 0.243 e. The Bertz CT molecular complexity index is 625. The van der Waals surface area contributed by atoms with Crippen molar-refractivity contribution in [3.8, 4) is 5.75 Å². The van der Waals surface area contributed by atoms with E-state index < -0.39 is 10.0 Å². The van der Waals surface area contributed by atoms with Gasteiger partial charge < -0.3 is 19.5 Å². The van der Waals surface area contributed by atoms with E-state index in [1.165, 1.54) is 4.31 Å². The van der Waals surface area contributed by atoms with Gasteiger partial charge in [-0.3, -0.25) is 0 Å². The van der Waals surface area contributed by atoms with Crippen LogP contribution in [0.5, 0.6) is 5.75 Å². The number of aryl methyl sites for hydroxylation is 2. The highest BCUT2D eigenvalue weighted by atomic mass is 32.2. The molecule has 8 heteroatoms. The number of aliphatic hydroxyl groups is 1. The van der Waals surface area contributed by atoms with Crippen molar-refractivity contribution >= 4 is 10.0 Å². The highest BCUT2D eigenvalue weighted by Gasteiger charge is 2.28. The molecular formula is C21H42N2O5S. The molecule has 0 aliphatic rings. The van der Waals surface area contributed by atoms with E-state index in [2.05, 4.69) is 0 Å². The third-order valence-corrected chi connectivity index (χ3v) is 5.99. The first kappa shape index (κ1) is 30.0. The summed E-state index contributed by atoms with van der Waals surface area (Å²) in [5, 5.41) is 8.79. The average molecular weight is 435 g/mol. The number of hydrogen-bond acceptors (Lipinski definition) is 6. The van der Waals surface area contributed by atoms with E-state index in [1.807, 2.05) is 46.7 Å². The Labute approximate surface area is 178 Å². The molecule has 1 N–H and O–H groups in total. The van der Waals surface area contributed by atoms with E-state index in [0.29, 0.717) is 34.9 Å². The number of benzene rings is 1. The minimum Gasteiger partial charge on any atom is -0.497 e. The summed E-state index contributed by atoms with van der Waals surface area (Å²) < 4.78 is 38.3. The van der Waals surface area contributed by atoms with Crippen molar-refractivity contribution in [2.45, 2.75) is 46.4 Å². The molecule has 0 fully saturated rings. The van der Waals surface area contributed by atoms with Crippen LogP contribution in [0, 0.1) is 13.8 Å². The van der Waals surface area contributed by atoms with Gasteiger partial charge in [-0.05, 0) is 51.2 Å². The monoisotopic (exact) mass is 434 g/mol. The zero-order valence-electron chi connectivity index (χ0n) is 19.8. The number of likely N-dealkylation sites (N-methyl/N-ethyl adjacent to an activating group) is 1. The molecule has 0 amide bonds. The van der Waals surface area contributed by atoms with Gasteiger partial charge in [0.15, 0.2) is 0 Å². The fraction of sp³-hybridized carbons (Fsp3) is 0.714. The van der Waals surface area contributed by atoms with Gasteiger partial charge in [0, 0.05) is 19.6 Å². The minimum absolute atomic E-state index is 0.0822. The van der Waals surface area contributed by atoms with Gasteiger partial charge >= 0.3 is 0 Å². The summed E-state index contributed by atoms with van der Waals surface area (Å²) in [6.07, 6.45) is 0. The van der Waals surface area contributed by atoms with Crippen LogP contribution in [0.2, 0.25) is 0 Å². The molecule has 29 heavy (non-hydrogen) atoms. The van der Waals surface area contributed by atoms with Crippen LogP contribution in [0.25, 0.3) is 0 Å². The predicted octanol–water partition coefficient (Wildman–Crippen LogP) is 2.93. The van der Waals surface area contributed by atoms with Gasteiger partial charge in [-0.15, -0.1) is 0 Å². The normalized spacial score (nSPS) is 10.9. The van der Waals surface area contributed by atoms with E-state index in [1.54, 1.807) is 33.1 Å². The van der Waals surface area contributed by atoms with Gasteiger partial charge in [-0.2, -0.15) is 4.31 Å². The van der Waals surface area contributed by atoms with Crippen LogP contribution in [-0.4, -0.2) is 83.4 Å². The molecule has 0 aromatic heterocycles. The van der Waals surface area contributed by atoms with Crippen LogP contribution < -0.4 is 4.74 Å². The number of hydrogen-bond donors (Lipinski definition) is 1. The van der Waals surface area contributed by atoms with Crippen molar-refractivity contribution < 1.29 is 23.0 Å². The molecule has 0 saturated heterocycles. The lowest BCUT2D eigenvalue weighted by Crippen LogP contribution is -2.39. The standard InChI is InChI=1S/C17H30N2O5S.2C2H6/c1-14-12-16(23-5)13-15(2)17(14)25(21,22)19(7-6-18(3)4)8-10-24-11-9-20;2*1-2/h12-13,20H,6-11H2,1-5H3;2*1-2H3. The van der Waals surface area contributed by atoms with Gasteiger partial charge in [-0.1, -0.05) is 27.7 Å². The third-order valence-electron chi connectivity index (χ3n) is 3.78. The molecule has 0 atom stereocenters. The van der Waals surface area contributed by atoms with Gasteiger partial charge in [0.2, 0.25) is 10.0 Å². The molecule has 1 aromatic carbocycles. The largest absolute Gasteiger partial charge is 0.497 e. The minimum atomic E-state index is -3.66. The SMILES string of the molecule is CC.CC.COc1cc(C)c(S(=O)(=O)N(CCOCCO)CCN(C)C)c(C)c1. The number of nitrogens with zero attached hydrogens (tertiary/aromatic N) is 2. The Hall–Kier alpha value is -1.19. The first-order valence-corrected chi connectivity index (χ1v) is 11.7. The fourth-order valence-corrected chi connectivity index (χ4v) is 4.39. The van der Waals surface area contributed by atoms with E-state index in [4.69, 9.17) is 14.6 Å². The van der Waals surface area contributed by atoms with Gasteiger partial charge in [0.05, 0.1) is 31.8 Å². The van der Waals surface area contributed by atoms with E-state index in [9.17, 15) is 8.42 Å². The molecule has 0 heterocycles. The lowest BCUT2D eigenvalue weighted by Gasteiger charge is -2.25. The first-order valence-electron chi connectivity index (χ1n) is 10.2. The molecule has 0 unspecified atom stereocenters. The van der Waals surface area contributed by atoms with Crippen molar-refractivity contribution in [1.29, 1.82) is 0 Å². The maximum Gasteiger partial charge on any atom is 0.243 e. The zero-order chi connectivity index (χ0) is 23.0. The van der Waals surface area contributed by atoms with Crippen LogP contribution in [0.4, 0.5) is 0 Å². The summed E-state index contributed by atoms with van der Waals surface area (Å²) in [5.41, 5.74) is 1.31. The molecule has 172 valence electrons. The number of sulfonamides is 1.